The largest absolute Gasteiger partial charge is 0.389 e. The number of aliphatic hydroxyl groups is 1. The van der Waals surface area contributed by atoms with Crippen LogP contribution >= 0.6 is 11.6 Å². The fourth-order valence-corrected chi connectivity index (χ4v) is 1.62. The van der Waals surface area contributed by atoms with E-state index in [-0.39, 0.29) is 0 Å². The standard InChI is InChI=1S/C9H16ClNO/c1-8(5-10)6-11-4-3-9(2,12)7-11/h12H,1,3-7H2,2H3. The summed E-state index contributed by atoms with van der Waals surface area (Å²) in [7, 11) is 0. The molecule has 1 aliphatic rings. The van der Waals surface area contributed by atoms with E-state index in [1.807, 2.05) is 6.92 Å². The Balaban J connectivity index is 2.33. The van der Waals surface area contributed by atoms with Crippen molar-refractivity contribution >= 4 is 11.6 Å². The van der Waals surface area contributed by atoms with Crippen LogP contribution in [0.5, 0.6) is 0 Å². The van der Waals surface area contributed by atoms with E-state index in [4.69, 9.17) is 11.6 Å². The van der Waals surface area contributed by atoms with E-state index in [0.29, 0.717) is 5.88 Å². The van der Waals surface area contributed by atoms with Gasteiger partial charge < -0.3 is 5.11 Å². The maximum absolute atomic E-state index is 9.65. The third kappa shape index (κ3) is 2.77. The monoisotopic (exact) mass is 189 g/mol. The number of hydrogen-bond donors (Lipinski definition) is 1. The molecule has 0 bridgehead atoms. The van der Waals surface area contributed by atoms with Crippen molar-refractivity contribution < 1.29 is 5.11 Å². The van der Waals surface area contributed by atoms with Gasteiger partial charge in [0.25, 0.3) is 0 Å². The molecule has 0 aromatic heterocycles. The van der Waals surface area contributed by atoms with Crippen molar-refractivity contribution in [3.8, 4) is 0 Å². The summed E-state index contributed by atoms with van der Waals surface area (Å²) in [4.78, 5) is 2.19. The quantitative estimate of drug-likeness (QED) is 0.534. The summed E-state index contributed by atoms with van der Waals surface area (Å²) >= 11 is 5.61. The molecule has 1 atom stereocenters. The predicted molar refractivity (Wildman–Crippen MR) is 51.5 cm³/mol. The summed E-state index contributed by atoms with van der Waals surface area (Å²) < 4.78 is 0. The second kappa shape index (κ2) is 3.77. The summed E-state index contributed by atoms with van der Waals surface area (Å²) in [5.74, 6) is 0.513. The molecule has 1 heterocycles. The van der Waals surface area contributed by atoms with Gasteiger partial charge in [0.15, 0.2) is 0 Å². The molecule has 0 aromatic carbocycles. The molecule has 0 aromatic rings. The van der Waals surface area contributed by atoms with Gasteiger partial charge in [-0.1, -0.05) is 6.58 Å². The summed E-state index contributed by atoms with van der Waals surface area (Å²) in [6.07, 6.45) is 0.850. The lowest BCUT2D eigenvalue weighted by atomic mass is 10.1. The molecule has 0 spiro atoms. The van der Waals surface area contributed by atoms with Crippen molar-refractivity contribution in [1.82, 2.24) is 4.90 Å². The number of β-amino-alcohol motifs (C(OH)–C–C–N with tert-alkyl or cyclic N) is 1. The summed E-state index contributed by atoms with van der Waals surface area (Å²) in [5, 5.41) is 9.65. The molecule has 0 saturated carbocycles. The normalized spacial score (nSPS) is 30.9. The third-order valence-electron chi connectivity index (χ3n) is 2.17. The molecule has 2 nitrogen and oxygen atoms in total. The molecule has 1 saturated heterocycles. The predicted octanol–water partition coefficient (Wildman–Crippen LogP) is 1.24. The van der Waals surface area contributed by atoms with E-state index < -0.39 is 5.60 Å². The zero-order valence-corrected chi connectivity index (χ0v) is 8.27. The highest BCUT2D eigenvalue weighted by molar-refractivity contribution is 6.19. The zero-order chi connectivity index (χ0) is 9.19. The smallest absolute Gasteiger partial charge is 0.0758 e. The fourth-order valence-electron chi connectivity index (χ4n) is 1.53. The average molecular weight is 190 g/mol. The van der Waals surface area contributed by atoms with Crippen molar-refractivity contribution in [3.63, 3.8) is 0 Å². The van der Waals surface area contributed by atoms with Crippen LogP contribution in [-0.4, -0.2) is 41.1 Å². The van der Waals surface area contributed by atoms with Crippen molar-refractivity contribution in [2.75, 3.05) is 25.5 Å². The molecule has 0 amide bonds. The number of likely N-dealkylation sites (tertiary alicyclic amines) is 1. The molecule has 0 aliphatic carbocycles. The Bertz CT molecular complexity index is 179. The third-order valence-corrected chi connectivity index (χ3v) is 2.55. The van der Waals surface area contributed by atoms with Crippen LogP contribution in [0.3, 0.4) is 0 Å². The van der Waals surface area contributed by atoms with Crippen LogP contribution in [0.25, 0.3) is 0 Å². The maximum atomic E-state index is 9.65. The molecule has 12 heavy (non-hydrogen) atoms. The van der Waals surface area contributed by atoms with Crippen molar-refractivity contribution in [3.05, 3.63) is 12.2 Å². The highest BCUT2D eigenvalue weighted by Gasteiger charge is 2.30. The van der Waals surface area contributed by atoms with Crippen LogP contribution in [0.2, 0.25) is 0 Å². The summed E-state index contributed by atoms with van der Waals surface area (Å²) in [5.41, 5.74) is 0.515. The van der Waals surface area contributed by atoms with Crippen LogP contribution < -0.4 is 0 Å². The minimum Gasteiger partial charge on any atom is -0.389 e. The molecule has 1 fully saturated rings. The highest BCUT2D eigenvalue weighted by Crippen LogP contribution is 2.20. The molecular formula is C9H16ClNO. The molecule has 1 N–H and O–H groups in total. The van der Waals surface area contributed by atoms with E-state index >= 15 is 0 Å². The van der Waals surface area contributed by atoms with E-state index in [0.717, 1.165) is 31.6 Å². The number of rotatable bonds is 3. The minimum atomic E-state index is -0.507. The number of alkyl halides is 1. The van der Waals surface area contributed by atoms with Gasteiger partial charge in [-0.15, -0.1) is 11.6 Å². The first-order chi connectivity index (χ1) is 5.53. The van der Waals surface area contributed by atoms with Crippen molar-refractivity contribution in [1.29, 1.82) is 0 Å². The Labute approximate surface area is 78.8 Å². The Morgan fingerprint density at radius 3 is 2.83 bits per heavy atom. The summed E-state index contributed by atoms with van der Waals surface area (Å²) in [6, 6.07) is 0. The van der Waals surface area contributed by atoms with Gasteiger partial charge in [0.1, 0.15) is 0 Å². The van der Waals surface area contributed by atoms with Gasteiger partial charge in [-0.2, -0.15) is 0 Å². The number of nitrogens with zero attached hydrogens (tertiary/aromatic N) is 1. The molecule has 1 rings (SSSR count). The van der Waals surface area contributed by atoms with Gasteiger partial charge in [0.2, 0.25) is 0 Å². The van der Waals surface area contributed by atoms with E-state index in [1.165, 1.54) is 0 Å². The Kier molecular flexibility index (Phi) is 3.16. The van der Waals surface area contributed by atoms with Gasteiger partial charge >= 0.3 is 0 Å². The lowest BCUT2D eigenvalue weighted by molar-refractivity contribution is 0.0700. The molecule has 1 unspecified atom stereocenters. The fraction of sp³-hybridized carbons (Fsp3) is 0.778. The van der Waals surface area contributed by atoms with Crippen LogP contribution in [0, 0.1) is 0 Å². The second-order valence-electron chi connectivity index (χ2n) is 3.84. The van der Waals surface area contributed by atoms with Gasteiger partial charge in [-0.05, 0) is 18.9 Å². The lowest BCUT2D eigenvalue weighted by Gasteiger charge is -2.18. The van der Waals surface area contributed by atoms with Crippen LogP contribution in [0.15, 0.2) is 12.2 Å². The molecule has 1 aliphatic heterocycles. The van der Waals surface area contributed by atoms with Crippen LogP contribution in [0.1, 0.15) is 13.3 Å². The topological polar surface area (TPSA) is 23.5 Å². The van der Waals surface area contributed by atoms with Crippen LogP contribution in [-0.2, 0) is 0 Å². The second-order valence-corrected chi connectivity index (χ2v) is 4.11. The molecule has 70 valence electrons. The number of halogens is 1. The molecular weight excluding hydrogens is 174 g/mol. The Hall–Kier alpha value is -0.0500. The summed E-state index contributed by atoms with van der Waals surface area (Å²) in [6.45, 7) is 8.21. The van der Waals surface area contributed by atoms with Gasteiger partial charge in [0.05, 0.1) is 5.60 Å². The number of hydrogen-bond acceptors (Lipinski definition) is 2. The first-order valence-electron chi connectivity index (χ1n) is 4.21. The van der Waals surface area contributed by atoms with Crippen LogP contribution in [0.4, 0.5) is 0 Å². The van der Waals surface area contributed by atoms with E-state index in [2.05, 4.69) is 11.5 Å². The van der Waals surface area contributed by atoms with Gasteiger partial charge in [-0.25, -0.2) is 0 Å². The van der Waals surface area contributed by atoms with E-state index in [1.54, 1.807) is 0 Å². The highest BCUT2D eigenvalue weighted by atomic mass is 35.5. The van der Waals surface area contributed by atoms with Crippen molar-refractivity contribution in [2.45, 2.75) is 18.9 Å². The average Bonchev–Trinajstić information content (AvgIpc) is 2.30. The van der Waals surface area contributed by atoms with Crippen molar-refractivity contribution in [2.24, 2.45) is 0 Å². The van der Waals surface area contributed by atoms with Gasteiger partial charge in [0, 0.05) is 25.5 Å². The zero-order valence-electron chi connectivity index (χ0n) is 7.52. The Morgan fingerprint density at radius 1 is 1.75 bits per heavy atom. The molecule has 0 radical (unpaired) electrons. The first kappa shape index (κ1) is 10.0. The molecule has 3 heteroatoms. The van der Waals surface area contributed by atoms with Gasteiger partial charge in [-0.3, -0.25) is 4.90 Å². The SMILES string of the molecule is C=C(CCl)CN1CCC(C)(O)C1. The maximum Gasteiger partial charge on any atom is 0.0758 e. The van der Waals surface area contributed by atoms with E-state index in [9.17, 15) is 5.11 Å². The minimum absolute atomic E-state index is 0.507. The lowest BCUT2D eigenvalue weighted by Crippen LogP contribution is -2.30. The first-order valence-corrected chi connectivity index (χ1v) is 4.74. The Morgan fingerprint density at radius 2 is 2.42 bits per heavy atom.